The molecule has 0 aromatic heterocycles. The molecule has 2 nitrogen and oxygen atoms in total. The highest BCUT2D eigenvalue weighted by Gasteiger charge is 2.24. The minimum absolute atomic E-state index is 0.766. The molecule has 0 amide bonds. The van der Waals surface area contributed by atoms with Crippen LogP contribution in [0.4, 0.5) is 0 Å². The van der Waals surface area contributed by atoms with Crippen molar-refractivity contribution in [3.63, 3.8) is 0 Å². The molecule has 0 aliphatic carbocycles. The van der Waals surface area contributed by atoms with Gasteiger partial charge in [-0.3, -0.25) is 4.90 Å². The van der Waals surface area contributed by atoms with E-state index >= 15 is 0 Å². The molecule has 0 N–H and O–H groups in total. The normalized spacial score (nSPS) is 35.4. The predicted molar refractivity (Wildman–Crippen MR) is 40.0 cm³/mol. The number of ether oxygens (including phenoxy) is 1. The lowest BCUT2D eigenvalue weighted by Gasteiger charge is -2.20. The first-order chi connectivity index (χ1) is 4.97. The van der Waals surface area contributed by atoms with Crippen LogP contribution < -0.4 is 0 Å². The maximum absolute atomic E-state index is 5.33. The monoisotopic (exact) mass is 141 g/mol. The van der Waals surface area contributed by atoms with E-state index in [0.29, 0.717) is 0 Å². The van der Waals surface area contributed by atoms with Gasteiger partial charge in [-0.15, -0.1) is 0 Å². The Morgan fingerprint density at radius 2 is 2.00 bits per heavy atom. The molecule has 0 aromatic rings. The third-order valence-corrected chi connectivity index (χ3v) is 2.56. The third kappa shape index (κ3) is 1.18. The van der Waals surface area contributed by atoms with Gasteiger partial charge in [0.2, 0.25) is 0 Å². The summed E-state index contributed by atoms with van der Waals surface area (Å²) in [5.41, 5.74) is 0. The molecule has 1 unspecified atom stereocenters. The second-order valence-electron chi connectivity index (χ2n) is 3.26. The van der Waals surface area contributed by atoms with Crippen molar-refractivity contribution >= 4 is 0 Å². The Balaban J connectivity index is 1.85. The Morgan fingerprint density at radius 1 is 1.20 bits per heavy atom. The zero-order valence-corrected chi connectivity index (χ0v) is 6.38. The minimum Gasteiger partial charge on any atom is -0.380 e. The van der Waals surface area contributed by atoms with E-state index in [4.69, 9.17) is 4.74 Å². The number of hydrogen-bond acceptors (Lipinski definition) is 2. The third-order valence-electron chi connectivity index (χ3n) is 2.56. The summed E-state index contributed by atoms with van der Waals surface area (Å²) in [5, 5.41) is 0. The molecule has 1 atom stereocenters. The van der Waals surface area contributed by atoms with Gasteiger partial charge in [-0.25, -0.2) is 0 Å². The van der Waals surface area contributed by atoms with Crippen molar-refractivity contribution in [2.45, 2.75) is 25.3 Å². The summed E-state index contributed by atoms with van der Waals surface area (Å²) in [4.78, 5) is 2.58. The first kappa shape index (κ1) is 6.62. The van der Waals surface area contributed by atoms with Gasteiger partial charge in [0, 0.05) is 12.6 Å². The molecule has 0 bridgehead atoms. The van der Waals surface area contributed by atoms with Crippen molar-refractivity contribution in [3.8, 4) is 0 Å². The van der Waals surface area contributed by atoms with Crippen LogP contribution in [-0.4, -0.2) is 37.2 Å². The SMILES string of the molecule is C1CCN(C2CCOC2)C1. The number of likely N-dealkylation sites (tertiary alicyclic amines) is 1. The molecule has 2 heterocycles. The molecule has 10 heavy (non-hydrogen) atoms. The molecule has 0 spiro atoms. The van der Waals surface area contributed by atoms with Crippen LogP contribution in [0.5, 0.6) is 0 Å². The van der Waals surface area contributed by atoms with Crippen LogP contribution in [0, 0.1) is 0 Å². The minimum atomic E-state index is 0.766. The molecule has 2 fully saturated rings. The van der Waals surface area contributed by atoms with Gasteiger partial charge in [0.15, 0.2) is 0 Å². The molecule has 2 aliphatic rings. The maximum atomic E-state index is 5.33. The molecular formula is C8H15NO. The van der Waals surface area contributed by atoms with E-state index in [9.17, 15) is 0 Å². The van der Waals surface area contributed by atoms with Crippen molar-refractivity contribution in [3.05, 3.63) is 0 Å². The molecule has 0 aromatic carbocycles. The predicted octanol–water partition coefficient (Wildman–Crippen LogP) is 0.871. The van der Waals surface area contributed by atoms with Gasteiger partial charge in [0.25, 0.3) is 0 Å². The van der Waals surface area contributed by atoms with Crippen LogP contribution in [-0.2, 0) is 4.74 Å². The highest BCUT2D eigenvalue weighted by atomic mass is 16.5. The average molecular weight is 141 g/mol. The second-order valence-corrected chi connectivity index (χ2v) is 3.26. The quantitative estimate of drug-likeness (QED) is 0.537. The van der Waals surface area contributed by atoms with E-state index < -0.39 is 0 Å². The summed E-state index contributed by atoms with van der Waals surface area (Å²) in [5.74, 6) is 0. The van der Waals surface area contributed by atoms with E-state index in [0.717, 1.165) is 19.3 Å². The number of nitrogens with zero attached hydrogens (tertiary/aromatic N) is 1. The van der Waals surface area contributed by atoms with Gasteiger partial charge < -0.3 is 4.74 Å². The summed E-state index contributed by atoms with van der Waals surface area (Å²) in [7, 11) is 0. The van der Waals surface area contributed by atoms with Crippen molar-refractivity contribution in [1.29, 1.82) is 0 Å². The van der Waals surface area contributed by atoms with E-state index in [1.165, 1.54) is 32.4 Å². The van der Waals surface area contributed by atoms with Gasteiger partial charge in [0.05, 0.1) is 6.61 Å². The first-order valence-corrected chi connectivity index (χ1v) is 4.28. The highest BCUT2D eigenvalue weighted by molar-refractivity contribution is 4.78. The molecule has 0 radical (unpaired) electrons. The molecule has 58 valence electrons. The largest absolute Gasteiger partial charge is 0.380 e. The fourth-order valence-corrected chi connectivity index (χ4v) is 1.92. The van der Waals surface area contributed by atoms with Crippen LogP contribution in [0.2, 0.25) is 0 Å². The second kappa shape index (κ2) is 2.89. The van der Waals surface area contributed by atoms with Crippen molar-refractivity contribution < 1.29 is 4.74 Å². The Morgan fingerprint density at radius 3 is 2.60 bits per heavy atom. The van der Waals surface area contributed by atoms with Gasteiger partial charge in [0.1, 0.15) is 0 Å². The molecule has 2 rings (SSSR count). The van der Waals surface area contributed by atoms with Gasteiger partial charge in [-0.05, 0) is 32.4 Å². The van der Waals surface area contributed by atoms with Crippen molar-refractivity contribution in [2.75, 3.05) is 26.3 Å². The van der Waals surface area contributed by atoms with Crippen LogP contribution in [0.25, 0.3) is 0 Å². The van der Waals surface area contributed by atoms with Gasteiger partial charge >= 0.3 is 0 Å². The van der Waals surface area contributed by atoms with Crippen LogP contribution in [0.1, 0.15) is 19.3 Å². The topological polar surface area (TPSA) is 12.5 Å². The lowest BCUT2D eigenvalue weighted by atomic mass is 10.2. The van der Waals surface area contributed by atoms with Gasteiger partial charge in [-0.1, -0.05) is 0 Å². The van der Waals surface area contributed by atoms with Crippen molar-refractivity contribution in [2.24, 2.45) is 0 Å². The van der Waals surface area contributed by atoms with E-state index in [2.05, 4.69) is 4.90 Å². The first-order valence-electron chi connectivity index (χ1n) is 4.28. The molecule has 0 saturated carbocycles. The van der Waals surface area contributed by atoms with Gasteiger partial charge in [-0.2, -0.15) is 0 Å². The fraction of sp³-hybridized carbons (Fsp3) is 1.00. The Labute approximate surface area is 62.2 Å². The summed E-state index contributed by atoms with van der Waals surface area (Å²) in [6, 6.07) is 0.766. The summed E-state index contributed by atoms with van der Waals surface area (Å²) in [6.45, 7) is 4.60. The lowest BCUT2D eigenvalue weighted by molar-refractivity contribution is 0.159. The summed E-state index contributed by atoms with van der Waals surface area (Å²) in [6.07, 6.45) is 4.06. The van der Waals surface area contributed by atoms with E-state index in [-0.39, 0.29) is 0 Å². The zero-order chi connectivity index (χ0) is 6.81. The lowest BCUT2D eigenvalue weighted by Crippen LogP contribution is -2.32. The van der Waals surface area contributed by atoms with Crippen molar-refractivity contribution in [1.82, 2.24) is 4.90 Å². The number of rotatable bonds is 1. The van der Waals surface area contributed by atoms with E-state index in [1.807, 2.05) is 0 Å². The maximum Gasteiger partial charge on any atom is 0.0622 e. The molecule has 2 saturated heterocycles. The van der Waals surface area contributed by atoms with E-state index in [1.54, 1.807) is 0 Å². The highest BCUT2D eigenvalue weighted by Crippen LogP contribution is 2.17. The number of hydrogen-bond donors (Lipinski definition) is 0. The molecule has 2 aliphatic heterocycles. The average Bonchev–Trinajstić information content (AvgIpc) is 2.59. The standard InChI is InChI=1S/C8H15NO/c1-2-5-9(4-1)8-3-6-10-7-8/h8H,1-7H2. The Hall–Kier alpha value is -0.0800. The van der Waals surface area contributed by atoms with Crippen LogP contribution >= 0.6 is 0 Å². The molecule has 2 heteroatoms. The smallest absolute Gasteiger partial charge is 0.0622 e. The Kier molecular flexibility index (Phi) is 1.91. The Bertz CT molecular complexity index is 89.8. The summed E-state index contributed by atoms with van der Waals surface area (Å²) >= 11 is 0. The summed E-state index contributed by atoms with van der Waals surface area (Å²) < 4.78 is 5.33. The van der Waals surface area contributed by atoms with Crippen LogP contribution in [0.15, 0.2) is 0 Å². The fourth-order valence-electron chi connectivity index (χ4n) is 1.92. The van der Waals surface area contributed by atoms with Crippen LogP contribution in [0.3, 0.4) is 0 Å². The molecular weight excluding hydrogens is 126 g/mol. The zero-order valence-electron chi connectivity index (χ0n) is 6.38.